The Morgan fingerprint density at radius 2 is 2.08 bits per heavy atom. The molecule has 0 spiro atoms. The Morgan fingerprint density at radius 1 is 1.18 bits per heavy atom. The first kappa shape index (κ1) is 25.8. The van der Waals surface area contributed by atoms with Crippen molar-refractivity contribution in [2.45, 2.75) is 56.7 Å². The third-order valence-electron chi connectivity index (χ3n) is 7.69. The van der Waals surface area contributed by atoms with Gasteiger partial charge in [0.25, 0.3) is 5.91 Å². The molecule has 3 aromatic rings. The van der Waals surface area contributed by atoms with Gasteiger partial charge in [-0.3, -0.25) is 9.69 Å². The minimum atomic E-state index is -0.518. The number of aromatic nitrogens is 1. The van der Waals surface area contributed by atoms with Crippen molar-refractivity contribution in [3.05, 3.63) is 74.9 Å². The van der Waals surface area contributed by atoms with Crippen LogP contribution in [0.3, 0.4) is 0 Å². The molecular formula is C29H31FN6O2S. The fourth-order valence-electron chi connectivity index (χ4n) is 5.56. The third-order valence-corrected chi connectivity index (χ3v) is 8.93. The van der Waals surface area contributed by atoms with Crippen LogP contribution >= 0.6 is 11.3 Å². The number of halogens is 1. The molecule has 10 heteroatoms. The number of fused-ring (bicyclic) bond motifs is 1. The lowest BCUT2D eigenvalue weighted by atomic mass is 9.96. The molecular weight excluding hydrogens is 515 g/mol. The minimum Gasteiger partial charge on any atom is -0.393 e. The number of aliphatic hydroxyl groups excluding tert-OH is 1. The highest BCUT2D eigenvalue weighted by molar-refractivity contribution is 7.14. The SMILES string of the molecule is CN1CCCC1c1ccc(NC2C=NN=C(c3ccc(F)c(NC(=O)c4cc5c(s4)CCC(O)C5)c3)C2)nc1. The van der Waals surface area contributed by atoms with Gasteiger partial charge in [0, 0.05) is 35.3 Å². The first-order chi connectivity index (χ1) is 18.9. The minimum absolute atomic E-state index is 0.0970. The van der Waals surface area contributed by atoms with Crippen molar-refractivity contribution in [3.8, 4) is 0 Å². The third kappa shape index (κ3) is 5.63. The van der Waals surface area contributed by atoms with E-state index in [4.69, 9.17) is 0 Å². The number of nitrogens with one attached hydrogen (secondary N) is 2. The number of nitrogens with zero attached hydrogens (tertiary/aromatic N) is 4. The van der Waals surface area contributed by atoms with Crippen LogP contribution in [0.15, 0.2) is 52.8 Å². The van der Waals surface area contributed by atoms with E-state index >= 15 is 0 Å². The fraction of sp³-hybridized carbons (Fsp3) is 0.379. The number of carbonyl (C=O) groups is 1. The Bertz CT molecular complexity index is 1440. The molecule has 8 nitrogen and oxygen atoms in total. The quantitative estimate of drug-likeness (QED) is 0.412. The van der Waals surface area contributed by atoms with Gasteiger partial charge in [-0.1, -0.05) is 12.1 Å². The Morgan fingerprint density at radius 3 is 2.87 bits per heavy atom. The molecule has 1 amide bonds. The molecule has 3 aliphatic rings. The normalized spacial score (nSPS) is 22.8. The molecule has 2 aromatic heterocycles. The van der Waals surface area contributed by atoms with Crippen molar-refractivity contribution in [3.63, 3.8) is 0 Å². The lowest BCUT2D eigenvalue weighted by molar-refractivity contribution is 0.102. The van der Waals surface area contributed by atoms with E-state index in [0.29, 0.717) is 41.5 Å². The number of hydrogen-bond acceptors (Lipinski definition) is 8. The average molecular weight is 547 g/mol. The number of anilines is 2. The van der Waals surface area contributed by atoms with Crippen LogP contribution in [0.1, 0.15) is 63.0 Å². The summed E-state index contributed by atoms with van der Waals surface area (Å²) < 4.78 is 14.7. The molecule has 39 heavy (non-hydrogen) atoms. The van der Waals surface area contributed by atoms with E-state index in [1.165, 1.54) is 29.4 Å². The van der Waals surface area contributed by atoms with Gasteiger partial charge >= 0.3 is 0 Å². The molecule has 0 radical (unpaired) electrons. The smallest absolute Gasteiger partial charge is 0.265 e. The monoisotopic (exact) mass is 546 g/mol. The fourth-order valence-corrected chi connectivity index (χ4v) is 6.66. The lowest BCUT2D eigenvalue weighted by Gasteiger charge is -2.21. The van der Waals surface area contributed by atoms with Gasteiger partial charge in [0.1, 0.15) is 11.6 Å². The second-order valence-electron chi connectivity index (χ2n) is 10.5. The van der Waals surface area contributed by atoms with Crippen LogP contribution in [0.5, 0.6) is 0 Å². The number of benzene rings is 1. The van der Waals surface area contributed by atoms with Crippen LogP contribution in [0, 0.1) is 5.82 Å². The predicted octanol–water partition coefficient (Wildman–Crippen LogP) is 4.81. The van der Waals surface area contributed by atoms with Crippen LogP contribution in [-0.2, 0) is 12.8 Å². The Labute approximate surface area is 230 Å². The highest BCUT2D eigenvalue weighted by Gasteiger charge is 2.24. The topological polar surface area (TPSA) is 102 Å². The standard InChI is InChI=1S/C29H31FN6O2S/c1-36-10-2-3-25(36)18-5-9-28(31-15-18)33-20-14-23(35-32-16-20)17-4-7-22(30)24(12-17)34-29(38)27-13-19-11-21(37)6-8-26(19)39-27/h4-5,7,9,12-13,15-16,20-21,25,37H,2-3,6,8,10-11,14H2,1H3,(H,31,33)(H,34,38). The molecule has 1 aromatic carbocycles. The van der Waals surface area contributed by atoms with Gasteiger partial charge in [-0.05, 0) is 81.1 Å². The summed E-state index contributed by atoms with van der Waals surface area (Å²) in [7, 11) is 2.15. The summed E-state index contributed by atoms with van der Waals surface area (Å²) in [6.07, 6.45) is 8.21. The molecule has 6 rings (SSSR count). The summed E-state index contributed by atoms with van der Waals surface area (Å²) >= 11 is 1.41. The van der Waals surface area contributed by atoms with Crippen molar-refractivity contribution in [1.82, 2.24) is 9.88 Å². The second kappa shape index (κ2) is 11.0. The van der Waals surface area contributed by atoms with E-state index in [1.807, 2.05) is 18.3 Å². The van der Waals surface area contributed by atoms with Crippen molar-refractivity contribution in [2.75, 3.05) is 24.2 Å². The number of thiophene rings is 1. The predicted molar refractivity (Wildman–Crippen MR) is 153 cm³/mol. The number of aryl methyl sites for hydroxylation is 1. The Hall–Kier alpha value is -3.47. The van der Waals surface area contributed by atoms with Crippen LogP contribution < -0.4 is 10.6 Å². The van der Waals surface area contributed by atoms with Crippen LogP contribution in [-0.4, -0.2) is 58.6 Å². The molecule has 202 valence electrons. The Kier molecular flexibility index (Phi) is 7.24. The van der Waals surface area contributed by atoms with Gasteiger partial charge in [0.05, 0.1) is 28.4 Å². The summed E-state index contributed by atoms with van der Waals surface area (Å²) in [4.78, 5) is 21.5. The first-order valence-corrected chi connectivity index (χ1v) is 14.2. The molecule has 2 aliphatic heterocycles. The summed E-state index contributed by atoms with van der Waals surface area (Å²) in [5.74, 6) is -0.118. The van der Waals surface area contributed by atoms with Crippen molar-refractivity contribution < 1.29 is 14.3 Å². The maximum Gasteiger partial charge on any atom is 0.265 e. The molecule has 3 unspecified atom stereocenters. The van der Waals surface area contributed by atoms with Crippen LogP contribution in [0.2, 0.25) is 0 Å². The second-order valence-corrected chi connectivity index (χ2v) is 11.6. The van der Waals surface area contributed by atoms with Crippen LogP contribution in [0.25, 0.3) is 0 Å². The van der Waals surface area contributed by atoms with E-state index < -0.39 is 5.82 Å². The average Bonchev–Trinajstić information content (AvgIpc) is 3.56. The zero-order valence-electron chi connectivity index (χ0n) is 21.7. The van der Waals surface area contributed by atoms with Gasteiger partial charge < -0.3 is 15.7 Å². The van der Waals surface area contributed by atoms with Crippen LogP contribution in [0.4, 0.5) is 15.9 Å². The maximum absolute atomic E-state index is 14.7. The van der Waals surface area contributed by atoms with E-state index in [-0.39, 0.29) is 23.7 Å². The number of pyridine rings is 1. The van der Waals surface area contributed by atoms with E-state index in [1.54, 1.807) is 18.3 Å². The molecule has 1 fully saturated rings. The van der Waals surface area contributed by atoms with Gasteiger partial charge in [-0.2, -0.15) is 10.2 Å². The Balaban J connectivity index is 1.11. The molecule has 3 atom stereocenters. The van der Waals surface area contributed by atoms with Gasteiger partial charge in [0.2, 0.25) is 0 Å². The van der Waals surface area contributed by atoms with E-state index in [2.05, 4.69) is 43.8 Å². The number of aliphatic hydroxyl groups is 1. The molecule has 4 heterocycles. The van der Waals surface area contributed by atoms with Crippen molar-refractivity contribution in [2.24, 2.45) is 10.2 Å². The molecule has 3 N–H and O–H groups in total. The number of carbonyl (C=O) groups excluding carboxylic acids is 1. The molecule has 0 bridgehead atoms. The summed E-state index contributed by atoms with van der Waals surface area (Å²) in [5, 5.41) is 24.5. The summed E-state index contributed by atoms with van der Waals surface area (Å²) in [6.45, 7) is 1.11. The first-order valence-electron chi connectivity index (χ1n) is 13.4. The van der Waals surface area contributed by atoms with E-state index in [0.717, 1.165) is 35.6 Å². The number of amides is 1. The van der Waals surface area contributed by atoms with E-state index in [9.17, 15) is 14.3 Å². The summed E-state index contributed by atoms with van der Waals surface area (Å²) in [6, 6.07) is 10.8. The number of likely N-dealkylation sites (tertiary alicyclic amines) is 1. The largest absolute Gasteiger partial charge is 0.393 e. The summed E-state index contributed by atoms with van der Waals surface area (Å²) in [5.41, 5.74) is 3.70. The maximum atomic E-state index is 14.7. The number of hydrogen-bond donors (Lipinski definition) is 3. The number of rotatable bonds is 6. The molecule has 1 aliphatic carbocycles. The van der Waals surface area contributed by atoms with Crippen molar-refractivity contribution >= 4 is 40.7 Å². The zero-order chi connectivity index (χ0) is 26.9. The molecule has 0 saturated carbocycles. The van der Waals surface area contributed by atoms with Gasteiger partial charge in [0.15, 0.2) is 0 Å². The highest BCUT2D eigenvalue weighted by atomic mass is 32.1. The van der Waals surface area contributed by atoms with Crippen molar-refractivity contribution in [1.29, 1.82) is 0 Å². The van der Waals surface area contributed by atoms with Gasteiger partial charge in [-0.15, -0.1) is 11.3 Å². The lowest BCUT2D eigenvalue weighted by Crippen LogP contribution is -2.28. The highest BCUT2D eigenvalue weighted by Crippen LogP contribution is 2.32. The zero-order valence-corrected chi connectivity index (χ0v) is 22.5. The molecule has 1 saturated heterocycles. The van der Waals surface area contributed by atoms with Gasteiger partial charge in [-0.25, -0.2) is 9.37 Å².